The molecule has 6 nitrogen and oxygen atoms in total. The molecule has 118 valence electrons. The Labute approximate surface area is 119 Å². The Bertz CT molecular complexity index is 599. The van der Waals surface area contributed by atoms with Crippen molar-refractivity contribution in [2.45, 2.75) is 30.7 Å². The minimum Gasteiger partial charge on any atom is -0.381 e. The maximum atomic E-state index is 12.3. The molecule has 0 aliphatic heterocycles. The van der Waals surface area contributed by atoms with Crippen LogP contribution in [0.2, 0.25) is 0 Å². The van der Waals surface area contributed by atoms with Crippen molar-refractivity contribution in [1.82, 2.24) is 9.71 Å². The first kappa shape index (κ1) is 17.4. The van der Waals surface area contributed by atoms with Crippen LogP contribution in [0.25, 0.3) is 0 Å². The van der Waals surface area contributed by atoms with Gasteiger partial charge in [0.25, 0.3) is 10.0 Å². The molecule has 1 rings (SSSR count). The Kier molecular flexibility index (Phi) is 5.29. The lowest BCUT2D eigenvalue weighted by molar-refractivity contribution is -0.137. The molecule has 0 fully saturated rings. The molecule has 10 heteroatoms. The molecule has 0 saturated carbocycles. The Morgan fingerprint density at radius 2 is 2.05 bits per heavy atom. The maximum Gasteiger partial charge on any atom is 0.417 e. The highest BCUT2D eigenvalue weighted by atomic mass is 32.2. The van der Waals surface area contributed by atoms with E-state index in [9.17, 15) is 26.4 Å². The second-order valence-electron chi connectivity index (χ2n) is 4.16. The molecular weight excluding hydrogens is 313 g/mol. The number of ether oxygens (including phenoxy) is 1. The van der Waals surface area contributed by atoms with Crippen LogP contribution in [0, 0.1) is 0 Å². The van der Waals surface area contributed by atoms with E-state index in [2.05, 4.69) is 4.98 Å². The number of amides is 1. The molecule has 0 aliphatic carbocycles. The fraction of sp³-hybridized carbons (Fsp3) is 0.455. The number of carbonyl (C=O) groups excluding carboxylic acids is 1. The normalized spacial score (nSPS) is 13.8. The summed E-state index contributed by atoms with van der Waals surface area (Å²) < 4.78 is 67.0. The van der Waals surface area contributed by atoms with Gasteiger partial charge in [0.15, 0.2) is 5.03 Å². The van der Waals surface area contributed by atoms with Crippen LogP contribution in [0.5, 0.6) is 0 Å². The van der Waals surface area contributed by atoms with Crippen molar-refractivity contribution in [3.63, 3.8) is 0 Å². The van der Waals surface area contributed by atoms with E-state index in [0.717, 1.165) is 0 Å². The van der Waals surface area contributed by atoms with Crippen LogP contribution < -0.4 is 4.72 Å². The van der Waals surface area contributed by atoms with Gasteiger partial charge in [-0.05, 0) is 19.1 Å². The number of sulfonamides is 1. The fourth-order valence-electron chi connectivity index (χ4n) is 1.30. The van der Waals surface area contributed by atoms with Gasteiger partial charge in [-0.25, -0.2) is 9.71 Å². The zero-order chi connectivity index (χ0) is 16.3. The van der Waals surface area contributed by atoms with Crippen molar-refractivity contribution in [1.29, 1.82) is 0 Å². The van der Waals surface area contributed by atoms with Crippen molar-refractivity contribution in [3.05, 3.63) is 23.9 Å². The minimum atomic E-state index is -4.62. The van der Waals surface area contributed by atoms with Gasteiger partial charge in [0, 0.05) is 13.3 Å². The number of nitrogens with zero attached hydrogens (tertiary/aromatic N) is 1. The summed E-state index contributed by atoms with van der Waals surface area (Å²) in [5, 5.41) is -0.672. The van der Waals surface area contributed by atoms with Gasteiger partial charge in [0.2, 0.25) is 5.91 Å². The maximum absolute atomic E-state index is 12.3. The molecule has 1 atom stereocenters. The van der Waals surface area contributed by atoms with Gasteiger partial charge in [0.05, 0.1) is 18.1 Å². The van der Waals surface area contributed by atoms with Crippen LogP contribution in [0.15, 0.2) is 23.4 Å². The molecule has 0 aromatic carbocycles. The van der Waals surface area contributed by atoms with Crippen LogP contribution in [0.1, 0.15) is 18.9 Å². The topological polar surface area (TPSA) is 85.4 Å². The van der Waals surface area contributed by atoms with Crippen molar-refractivity contribution in [2.75, 3.05) is 7.11 Å². The molecule has 0 spiro atoms. The second kappa shape index (κ2) is 6.39. The summed E-state index contributed by atoms with van der Waals surface area (Å²) in [6.07, 6.45) is -4.94. The molecule has 0 bridgehead atoms. The first-order valence-corrected chi connectivity index (χ1v) is 7.16. The number of hydrogen-bond donors (Lipinski definition) is 1. The van der Waals surface area contributed by atoms with E-state index in [1.807, 2.05) is 0 Å². The van der Waals surface area contributed by atoms with Gasteiger partial charge in [-0.3, -0.25) is 4.79 Å². The van der Waals surface area contributed by atoms with E-state index >= 15 is 0 Å². The molecule has 1 aromatic heterocycles. The number of halogens is 3. The molecule has 1 amide bonds. The first-order valence-electron chi connectivity index (χ1n) is 5.68. The number of rotatable bonds is 5. The largest absolute Gasteiger partial charge is 0.417 e. The summed E-state index contributed by atoms with van der Waals surface area (Å²) in [7, 11) is -2.96. The number of carbonyl (C=O) groups is 1. The zero-order valence-electron chi connectivity index (χ0n) is 11.1. The van der Waals surface area contributed by atoms with Crippen molar-refractivity contribution in [2.24, 2.45) is 0 Å². The lowest BCUT2D eigenvalue weighted by Crippen LogP contribution is -2.33. The summed E-state index contributed by atoms with van der Waals surface area (Å²) in [6.45, 7) is 1.56. The van der Waals surface area contributed by atoms with E-state index in [0.29, 0.717) is 18.3 Å². The van der Waals surface area contributed by atoms with Crippen LogP contribution in [-0.2, 0) is 25.7 Å². The number of pyridine rings is 1. The molecular formula is C11H13F3N2O4S. The second-order valence-corrected chi connectivity index (χ2v) is 5.79. The Balaban J connectivity index is 2.86. The van der Waals surface area contributed by atoms with E-state index < -0.39 is 38.8 Å². The average Bonchev–Trinajstić information content (AvgIpc) is 2.37. The first-order chi connectivity index (χ1) is 9.56. The van der Waals surface area contributed by atoms with Crippen LogP contribution in [0.3, 0.4) is 0 Å². The highest BCUT2D eigenvalue weighted by Crippen LogP contribution is 2.28. The van der Waals surface area contributed by atoms with Crippen molar-refractivity contribution in [3.8, 4) is 0 Å². The summed E-state index contributed by atoms with van der Waals surface area (Å²) in [6, 6.07) is 1.25. The molecule has 1 heterocycles. The molecule has 1 N–H and O–H groups in total. The lowest BCUT2D eigenvalue weighted by atomic mass is 10.3. The van der Waals surface area contributed by atoms with Gasteiger partial charge in [-0.1, -0.05) is 0 Å². The number of methoxy groups -OCH3 is 1. The van der Waals surface area contributed by atoms with E-state index in [4.69, 9.17) is 4.74 Å². The number of hydrogen-bond acceptors (Lipinski definition) is 5. The molecule has 0 saturated heterocycles. The van der Waals surface area contributed by atoms with Crippen molar-refractivity contribution >= 4 is 15.9 Å². The molecule has 0 radical (unpaired) electrons. The molecule has 0 unspecified atom stereocenters. The summed E-state index contributed by atoms with van der Waals surface area (Å²) in [5.74, 6) is -0.842. The highest BCUT2D eigenvalue weighted by Gasteiger charge is 2.31. The van der Waals surface area contributed by atoms with Crippen LogP contribution >= 0.6 is 0 Å². The van der Waals surface area contributed by atoms with Gasteiger partial charge in [-0.15, -0.1) is 0 Å². The smallest absolute Gasteiger partial charge is 0.381 e. The lowest BCUT2D eigenvalue weighted by Gasteiger charge is -2.10. The standard InChI is InChI=1S/C11H13F3N2O4S/c1-7(20-2)5-9(17)16-21(18,19)10-4-3-8(6-15-10)11(12,13)14/h3-4,6-7H,5H2,1-2H3,(H,16,17)/t7-/m0/s1. The van der Waals surface area contributed by atoms with Crippen LogP contribution in [-0.4, -0.2) is 32.5 Å². The van der Waals surface area contributed by atoms with E-state index in [-0.39, 0.29) is 6.42 Å². The SMILES string of the molecule is CO[C@@H](C)CC(=O)NS(=O)(=O)c1ccc(C(F)(F)F)cn1. The third kappa shape index (κ3) is 4.97. The van der Waals surface area contributed by atoms with E-state index in [1.165, 1.54) is 7.11 Å². The van der Waals surface area contributed by atoms with Gasteiger partial charge in [-0.2, -0.15) is 21.6 Å². The quantitative estimate of drug-likeness (QED) is 0.882. The highest BCUT2D eigenvalue weighted by molar-refractivity contribution is 7.90. The number of nitrogens with one attached hydrogen (secondary N) is 1. The molecule has 21 heavy (non-hydrogen) atoms. The van der Waals surface area contributed by atoms with Gasteiger partial charge in [0.1, 0.15) is 0 Å². The number of aromatic nitrogens is 1. The predicted molar refractivity (Wildman–Crippen MR) is 65.7 cm³/mol. The minimum absolute atomic E-state index is 0.212. The third-order valence-corrected chi connectivity index (χ3v) is 3.75. The third-order valence-electron chi connectivity index (χ3n) is 2.46. The van der Waals surface area contributed by atoms with Crippen molar-refractivity contribution < 1.29 is 31.1 Å². The predicted octanol–water partition coefficient (Wildman–Crippen LogP) is 1.33. The van der Waals surface area contributed by atoms with Gasteiger partial charge < -0.3 is 4.74 Å². The summed E-state index contributed by atoms with van der Waals surface area (Å²) in [4.78, 5) is 14.7. The molecule has 0 aliphatic rings. The number of alkyl halides is 3. The van der Waals surface area contributed by atoms with E-state index in [1.54, 1.807) is 11.6 Å². The Morgan fingerprint density at radius 1 is 1.43 bits per heavy atom. The fourth-order valence-corrected chi connectivity index (χ4v) is 2.22. The van der Waals surface area contributed by atoms with Crippen LogP contribution in [0.4, 0.5) is 13.2 Å². The average molecular weight is 326 g/mol. The monoisotopic (exact) mass is 326 g/mol. The van der Waals surface area contributed by atoms with Gasteiger partial charge >= 0.3 is 6.18 Å². The molecule has 1 aromatic rings. The Hall–Kier alpha value is -1.68. The summed E-state index contributed by atoms with van der Waals surface area (Å²) >= 11 is 0. The Morgan fingerprint density at radius 3 is 2.48 bits per heavy atom. The zero-order valence-corrected chi connectivity index (χ0v) is 12.0. The summed E-state index contributed by atoms with van der Waals surface area (Å²) in [5.41, 5.74) is -1.08.